The van der Waals surface area contributed by atoms with Gasteiger partial charge in [0.15, 0.2) is 5.82 Å². The molecule has 26 heavy (non-hydrogen) atoms. The third kappa shape index (κ3) is 4.19. The minimum Gasteiger partial charge on any atom is -0.383 e. The molecule has 0 saturated carbocycles. The standard InChI is InChI=1S/C17H17N5O4/c1-25-9-8-19-16(24)17-21-14(22-26-17)10-15(23)20-13-6-2-5-12-11(13)4-3-7-18-12/h2-7H,8-10H2,1H3,(H,19,24)(H,20,23). The molecule has 0 saturated heterocycles. The first-order valence-corrected chi connectivity index (χ1v) is 7.90. The van der Waals surface area contributed by atoms with Crippen molar-refractivity contribution in [1.82, 2.24) is 20.4 Å². The van der Waals surface area contributed by atoms with Gasteiger partial charge in [-0.3, -0.25) is 14.6 Å². The van der Waals surface area contributed by atoms with E-state index in [9.17, 15) is 9.59 Å². The number of anilines is 1. The van der Waals surface area contributed by atoms with E-state index < -0.39 is 5.91 Å². The molecular weight excluding hydrogens is 338 g/mol. The van der Waals surface area contributed by atoms with Crippen LogP contribution in [0.4, 0.5) is 5.69 Å². The zero-order chi connectivity index (χ0) is 18.4. The van der Waals surface area contributed by atoms with Crippen molar-refractivity contribution in [2.45, 2.75) is 6.42 Å². The van der Waals surface area contributed by atoms with Crippen LogP contribution in [0.15, 0.2) is 41.1 Å². The maximum absolute atomic E-state index is 12.2. The van der Waals surface area contributed by atoms with E-state index >= 15 is 0 Å². The number of methoxy groups -OCH3 is 1. The first-order valence-electron chi connectivity index (χ1n) is 7.90. The van der Waals surface area contributed by atoms with Crippen molar-refractivity contribution in [2.75, 3.05) is 25.6 Å². The Morgan fingerprint density at radius 2 is 2.12 bits per heavy atom. The van der Waals surface area contributed by atoms with Gasteiger partial charge in [-0.2, -0.15) is 4.98 Å². The number of hydrogen-bond donors (Lipinski definition) is 2. The third-order valence-electron chi connectivity index (χ3n) is 3.49. The lowest BCUT2D eigenvalue weighted by Gasteiger charge is -2.07. The molecule has 2 N–H and O–H groups in total. The smallest absolute Gasteiger partial charge is 0.315 e. The molecule has 1 aromatic carbocycles. The summed E-state index contributed by atoms with van der Waals surface area (Å²) in [7, 11) is 1.53. The fraction of sp³-hybridized carbons (Fsp3) is 0.235. The Morgan fingerprint density at radius 3 is 2.96 bits per heavy atom. The van der Waals surface area contributed by atoms with E-state index in [2.05, 4.69) is 25.8 Å². The van der Waals surface area contributed by atoms with Gasteiger partial charge in [0.2, 0.25) is 5.91 Å². The van der Waals surface area contributed by atoms with Crippen LogP contribution in [0.25, 0.3) is 10.9 Å². The number of ether oxygens (including phenoxy) is 1. The molecule has 0 radical (unpaired) electrons. The average Bonchev–Trinajstić information content (AvgIpc) is 3.10. The number of nitrogens with one attached hydrogen (secondary N) is 2. The number of carbonyl (C=O) groups is 2. The Morgan fingerprint density at radius 1 is 1.23 bits per heavy atom. The molecule has 0 fully saturated rings. The van der Waals surface area contributed by atoms with Crippen LogP contribution < -0.4 is 10.6 Å². The van der Waals surface area contributed by atoms with E-state index in [0.717, 1.165) is 10.9 Å². The molecule has 134 valence electrons. The lowest BCUT2D eigenvalue weighted by atomic mass is 10.2. The van der Waals surface area contributed by atoms with Gasteiger partial charge in [-0.1, -0.05) is 11.2 Å². The second-order valence-electron chi connectivity index (χ2n) is 5.37. The molecule has 3 aromatic rings. The Bertz CT molecular complexity index is 919. The second-order valence-corrected chi connectivity index (χ2v) is 5.37. The first-order chi connectivity index (χ1) is 12.7. The van der Waals surface area contributed by atoms with E-state index in [4.69, 9.17) is 9.26 Å². The van der Waals surface area contributed by atoms with Crippen LogP contribution in [0, 0.1) is 0 Å². The van der Waals surface area contributed by atoms with Gasteiger partial charge in [0.05, 0.1) is 24.2 Å². The van der Waals surface area contributed by atoms with Crippen LogP contribution in [0.5, 0.6) is 0 Å². The minimum absolute atomic E-state index is 0.120. The zero-order valence-electron chi connectivity index (χ0n) is 14.1. The number of aromatic nitrogens is 3. The van der Waals surface area contributed by atoms with Crippen LogP contribution in [-0.4, -0.2) is 47.2 Å². The summed E-state index contributed by atoms with van der Waals surface area (Å²) in [6.07, 6.45) is 1.57. The van der Waals surface area contributed by atoms with Gasteiger partial charge in [0.1, 0.15) is 0 Å². The summed E-state index contributed by atoms with van der Waals surface area (Å²) in [5, 5.41) is 9.84. The number of nitrogens with zero attached hydrogens (tertiary/aromatic N) is 3. The summed E-state index contributed by atoms with van der Waals surface area (Å²) in [5.74, 6) is -0.911. The molecule has 0 aliphatic carbocycles. The van der Waals surface area contributed by atoms with E-state index in [0.29, 0.717) is 18.8 Å². The predicted molar refractivity (Wildman–Crippen MR) is 92.6 cm³/mol. The summed E-state index contributed by atoms with van der Waals surface area (Å²) in [5.41, 5.74) is 1.42. The molecule has 0 unspecified atom stereocenters. The lowest BCUT2D eigenvalue weighted by Crippen LogP contribution is -2.27. The Hall–Kier alpha value is -3.33. The van der Waals surface area contributed by atoms with E-state index in [1.54, 1.807) is 18.3 Å². The lowest BCUT2D eigenvalue weighted by molar-refractivity contribution is -0.115. The molecule has 9 nitrogen and oxygen atoms in total. The summed E-state index contributed by atoms with van der Waals surface area (Å²) in [6, 6.07) is 9.12. The molecule has 3 rings (SSSR count). The van der Waals surface area contributed by atoms with Gasteiger partial charge in [-0.05, 0) is 24.3 Å². The first kappa shape index (κ1) is 17.5. The summed E-state index contributed by atoms with van der Waals surface area (Å²) in [4.78, 5) is 32.2. The number of rotatable bonds is 7. The topological polar surface area (TPSA) is 119 Å². The molecule has 0 aliphatic heterocycles. The molecule has 0 bridgehead atoms. The summed E-state index contributed by atoms with van der Waals surface area (Å²) >= 11 is 0. The van der Waals surface area contributed by atoms with Crippen LogP contribution in [0.3, 0.4) is 0 Å². The van der Waals surface area contributed by atoms with Gasteiger partial charge in [0.25, 0.3) is 0 Å². The molecule has 0 spiro atoms. The molecule has 9 heteroatoms. The van der Waals surface area contributed by atoms with Gasteiger partial charge in [-0.15, -0.1) is 0 Å². The van der Waals surface area contributed by atoms with Gasteiger partial charge >= 0.3 is 11.8 Å². The largest absolute Gasteiger partial charge is 0.383 e. The Labute approximate surface area is 148 Å². The number of benzene rings is 1. The van der Waals surface area contributed by atoms with Crippen LogP contribution in [0.1, 0.15) is 16.5 Å². The van der Waals surface area contributed by atoms with E-state index in [-0.39, 0.29) is 24.0 Å². The van der Waals surface area contributed by atoms with Crippen molar-refractivity contribution < 1.29 is 18.8 Å². The normalized spacial score (nSPS) is 10.7. The zero-order valence-corrected chi connectivity index (χ0v) is 14.1. The minimum atomic E-state index is -0.513. The van der Waals surface area contributed by atoms with Crippen LogP contribution >= 0.6 is 0 Å². The van der Waals surface area contributed by atoms with Crippen LogP contribution in [-0.2, 0) is 16.0 Å². The highest BCUT2D eigenvalue weighted by Gasteiger charge is 2.17. The van der Waals surface area contributed by atoms with Crippen molar-refractivity contribution in [2.24, 2.45) is 0 Å². The van der Waals surface area contributed by atoms with Crippen LogP contribution in [0.2, 0.25) is 0 Å². The predicted octanol–water partition coefficient (Wildman–Crippen LogP) is 1.18. The number of hydrogen-bond acceptors (Lipinski definition) is 7. The Balaban J connectivity index is 1.62. The molecule has 2 aromatic heterocycles. The van der Waals surface area contributed by atoms with E-state index in [1.165, 1.54) is 7.11 Å². The fourth-order valence-electron chi connectivity index (χ4n) is 2.31. The summed E-state index contributed by atoms with van der Waals surface area (Å²) < 4.78 is 9.71. The second kappa shape index (κ2) is 8.17. The summed E-state index contributed by atoms with van der Waals surface area (Å²) in [6.45, 7) is 0.692. The maximum atomic E-state index is 12.2. The number of fused-ring (bicyclic) bond motifs is 1. The average molecular weight is 355 g/mol. The van der Waals surface area contributed by atoms with Gasteiger partial charge in [-0.25, -0.2) is 0 Å². The monoisotopic (exact) mass is 355 g/mol. The third-order valence-corrected chi connectivity index (χ3v) is 3.49. The van der Waals surface area contributed by atoms with Gasteiger partial charge < -0.3 is 19.9 Å². The van der Waals surface area contributed by atoms with Crippen molar-refractivity contribution in [3.63, 3.8) is 0 Å². The van der Waals surface area contributed by atoms with E-state index in [1.807, 2.05) is 18.2 Å². The fourth-order valence-corrected chi connectivity index (χ4v) is 2.31. The van der Waals surface area contributed by atoms with Crippen molar-refractivity contribution in [1.29, 1.82) is 0 Å². The molecule has 0 aliphatic rings. The van der Waals surface area contributed by atoms with Crippen molar-refractivity contribution >= 4 is 28.4 Å². The highest BCUT2D eigenvalue weighted by Crippen LogP contribution is 2.21. The van der Waals surface area contributed by atoms with Crippen molar-refractivity contribution in [3.8, 4) is 0 Å². The molecular formula is C17H17N5O4. The maximum Gasteiger partial charge on any atom is 0.315 e. The highest BCUT2D eigenvalue weighted by molar-refractivity contribution is 6.01. The van der Waals surface area contributed by atoms with Crippen molar-refractivity contribution in [3.05, 3.63) is 48.2 Å². The number of pyridine rings is 1. The SMILES string of the molecule is COCCNC(=O)c1nc(CC(=O)Nc2cccc3ncccc23)no1. The molecule has 2 amide bonds. The number of carbonyl (C=O) groups excluding carboxylic acids is 2. The highest BCUT2D eigenvalue weighted by atomic mass is 16.5. The molecule has 0 atom stereocenters. The Kier molecular flexibility index (Phi) is 5.49. The number of amides is 2. The quantitative estimate of drug-likeness (QED) is 0.611. The molecule has 2 heterocycles. The van der Waals surface area contributed by atoms with Gasteiger partial charge in [0, 0.05) is 25.2 Å².